The van der Waals surface area contributed by atoms with Crippen LogP contribution < -0.4 is 5.19 Å². The van der Waals surface area contributed by atoms with Gasteiger partial charge in [0.05, 0.1) is 8.07 Å². The Balaban J connectivity index is 2.79. The number of benzene rings is 1. The second-order valence-corrected chi connectivity index (χ2v) is 10.8. The average molecular weight is 276 g/mol. The van der Waals surface area contributed by atoms with Gasteiger partial charge in [0.2, 0.25) is 0 Å². The van der Waals surface area contributed by atoms with Crippen molar-refractivity contribution in [2.75, 3.05) is 14.1 Å². The Morgan fingerprint density at radius 1 is 1.16 bits per heavy atom. The molecule has 0 aromatic heterocycles. The molecule has 0 bridgehead atoms. The van der Waals surface area contributed by atoms with Crippen LogP contribution in [0.5, 0.6) is 0 Å². The maximum absolute atomic E-state index is 2.50. The van der Waals surface area contributed by atoms with Crippen LogP contribution in [0.1, 0.15) is 26.2 Å². The Kier molecular flexibility index (Phi) is 6.53. The third-order valence-electron chi connectivity index (χ3n) is 4.06. The summed E-state index contributed by atoms with van der Waals surface area (Å²) in [6.45, 7) is 7.11. The molecule has 1 unspecified atom stereocenters. The topological polar surface area (TPSA) is 3.24 Å². The summed E-state index contributed by atoms with van der Waals surface area (Å²) in [5, 5.41) is 1.57. The number of hydrogen-bond acceptors (Lipinski definition) is 1. The molecule has 1 atom stereocenters. The van der Waals surface area contributed by atoms with Crippen molar-refractivity contribution in [3.63, 3.8) is 0 Å². The fourth-order valence-electron chi connectivity index (χ4n) is 2.92. The summed E-state index contributed by atoms with van der Waals surface area (Å²) < 4.78 is 0. The zero-order valence-corrected chi connectivity index (χ0v) is 14.2. The zero-order chi connectivity index (χ0) is 14.3. The van der Waals surface area contributed by atoms with Crippen LogP contribution in [-0.2, 0) is 0 Å². The Morgan fingerprint density at radius 2 is 1.79 bits per heavy atom. The van der Waals surface area contributed by atoms with Gasteiger partial charge in [-0.15, -0.1) is 0 Å². The summed E-state index contributed by atoms with van der Waals surface area (Å²) in [5.74, 6) is 0. The van der Waals surface area contributed by atoms with E-state index in [1.165, 1.54) is 19.3 Å². The Bertz CT molecular complexity index is 382. The highest BCUT2D eigenvalue weighted by Crippen LogP contribution is 2.19. The molecule has 1 nitrogen and oxygen atoms in total. The third kappa shape index (κ3) is 4.63. The van der Waals surface area contributed by atoms with Crippen LogP contribution in [0.15, 0.2) is 42.5 Å². The number of hydrogen-bond donors (Lipinski definition) is 0. The van der Waals surface area contributed by atoms with Crippen molar-refractivity contribution in [1.29, 1.82) is 0 Å². The highest BCUT2D eigenvalue weighted by atomic mass is 28.3. The molecule has 0 heterocycles. The van der Waals surface area contributed by atoms with Crippen molar-refractivity contribution in [2.24, 2.45) is 0 Å². The van der Waals surface area contributed by atoms with E-state index in [4.69, 9.17) is 0 Å². The minimum absolute atomic E-state index is 0.708. The molecule has 0 aliphatic rings. The predicted molar refractivity (Wildman–Crippen MR) is 89.7 cm³/mol. The molecule has 19 heavy (non-hydrogen) atoms. The van der Waals surface area contributed by atoms with Crippen LogP contribution in [0.3, 0.4) is 0 Å². The fourth-order valence-corrected chi connectivity index (χ4v) is 6.57. The first kappa shape index (κ1) is 16.2. The van der Waals surface area contributed by atoms with Crippen molar-refractivity contribution >= 4 is 13.3 Å². The van der Waals surface area contributed by atoms with Crippen LogP contribution in [0.25, 0.3) is 0 Å². The van der Waals surface area contributed by atoms with Crippen LogP contribution in [0.2, 0.25) is 13.1 Å². The second-order valence-electron chi connectivity index (χ2n) is 6.07. The average Bonchev–Trinajstić information content (AvgIpc) is 2.39. The van der Waals surface area contributed by atoms with Gasteiger partial charge in [-0.2, -0.15) is 0 Å². The van der Waals surface area contributed by atoms with Crippen molar-refractivity contribution in [3.8, 4) is 0 Å². The summed E-state index contributed by atoms with van der Waals surface area (Å²) in [5.41, 5.74) is 0.708. The third-order valence-corrected chi connectivity index (χ3v) is 8.35. The second kappa shape index (κ2) is 7.66. The van der Waals surface area contributed by atoms with Crippen molar-refractivity contribution in [1.82, 2.24) is 4.90 Å². The molecule has 1 aromatic rings. The summed E-state index contributed by atoms with van der Waals surface area (Å²) in [6.07, 6.45) is 8.23. The van der Waals surface area contributed by atoms with Crippen LogP contribution >= 0.6 is 0 Å². The van der Waals surface area contributed by atoms with Crippen LogP contribution in [0, 0.1) is 0 Å². The number of rotatable bonds is 7. The predicted octanol–water partition coefficient (Wildman–Crippen LogP) is 3.82. The molecule has 106 valence electrons. The van der Waals surface area contributed by atoms with Crippen molar-refractivity contribution in [2.45, 2.75) is 44.9 Å². The van der Waals surface area contributed by atoms with E-state index in [-0.39, 0.29) is 0 Å². The lowest BCUT2D eigenvalue weighted by Gasteiger charge is -2.38. The first-order valence-corrected chi connectivity index (χ1v) is 10.4. The molecule has 0 aliphatic carbocycles. The van der Waals surface area contributed by atoms with Crippen molar-refractivity contribution in [3.05, 3.63) is 42.5 Å². The summed E-state index contributed by atoms with van der Waals surface area (Å²) in [4.78, 5) is 2.44. The van der Waals surface area contributed by atoms with Gasteiger partial charge in [-0.3, -0.25) is 0 Å². The first-order chi connectivity index (χ1) is 9.00. The molecule has 0 fully saturated rings. The van der Waals surface area contributed by atoms with Crippen LogP contribution in [-0.4, -0.2) is 32.7 Å². The van der Waals surface area contributed by atoms with Gasteiger partial charge in [0, 0.05) is 5.67 Å². The fraction of sp³-hybridized carbons (Fsp3) is 0.529. The summed E-state index contributed by atoms with van der Waals surface area (Å²) >= 11 is 0. The van der Waals surface area contributed by atoms with E-state index in [2.05, 4.69) is 81.5 Å². The number of nitrogens with zero attached hydrogens (tertiary/aromatic N) is 1. The Labute approximate surface area is 120 Å². The monoisotopic (exact) mass is 275 g/mol. The SMILES string of the molecule is C/C=C/CCCC(N(C)C)[Si](C)(C)c1ccccc1. The lowest BCUT2D eigenvalue weighted by Crippen LogP contribution is -2.58. The van der Waals surface area contributed by atoms with Gasteiger partial charge in [0.1, 0.15) is 0 Å². The van der Waals surface area contributed by atoms with Crippen molar-refractivity contribution < 1.29 is 0 Å². The molecule has 0 amide bonds. The van der Waals surface area contributed by atoms with Gasteiger partial charge in [0.15, 0.2) is 0 Å². The number of allylic oxidation sites excluding steroid dienone is 2. The molecule has 0 aliphatic heterocycles. The highest BCUT2D eigenvalue weighted by molar-refractivity contribution is 6.91. The largest absolute Gasteiger partial charge is 0.309 e. The Hall–Kier alpha value is -0.863. The lowest BCUT2D eigenvalue weighted by molar-refractivity contribution is 0.344. The summed E-state index contributed by atoms with van der Waals surface area (Å²) in [7, 11) is 3.04. The van der Waals surface area contributed by atoms with E-state index < -0.39 is 8.07 Å². The molecule has 0 spiro atoms. The van der Waals surface area contributed by atoms with Gasteiger partial charge >= 0.3 is 0 Å². The van der Waals surface area contributed by atoms with Gasteiger partial charge in [-0.25, -0.2) is 0 Å². The molecule has 0 N–H and O–H groups in total. The van der Waals surface area contributed by atoms with Gasteiger partial charge in [0.25, 0.3) is 0 Å². The highest BCUT2D eigenvalue weighted by Gasteiger charge is 2.34. The molecule has 0 saturated carbocycles. The van der Waals surface area contributed by atoms with E-state index >= 15 is 0 Å². The molecule has 1 aromatic carbocycles. The lowest BCUT2D eigenvalue weighted by atomic mass is 10.2. The van der Waals surface area contributed by atoms with Gasteiger partial charge in [-0.05, 0) is 40.3 Å². The van der Waals surface area contributed by atoms with E-state index in [1.54, 1.807) is 5.19 Å². The smallest absolute Gasteiger partial charge is 0.0986 e. The molecule has 1 rings (SSSR count). The maximum atomic E-state index is 2.50. The van der Waals surface area contributed by atoms with Gasteiger partial charge < -0.3 is 4.90 Å². The quantitative estimate of drug-likeness (QED) is 0.415. The minimum atomic E-state index is -1.43. The molecular weight excluding hydrogens is 246 g/mol. The van der Waals surface area contributed by atoms with Crippen LogP contribution in [0.4, 0.5) is 0 Å². The molecule has 0 radical (unpaired) electrons. The van der Waals surface area contributed by atoms with E-state index in [9.17, 15) is 0 Å². The van der Waals surface area contributed by atoms with E-state index in [1.807, 2.05) is 0 Å². The Morgan fingerprint density at radius 3 is 2.32 bits per heavy atom. The normalized spacial score (nSPS) is 14.2. The van der Waals surface area contributed by atoms with E-state index in [0.29, 0.717) is 5.67 Å². The molecule has 0 saturated heterocycles. The minimum Gasteiger partial charge on any atom is -0.309 e. The standard InChI is InChI=1S/C17H29NSi/c1-6-7-8-12-15-17(18(2)3)19(4,5)16-13-10-9-11-14-16/h6-7,9-11,13-14,17H,8,12,15H2,1-5H3/b7-6+. The first-order valence-electron chi connectivity index (χ1n) is 7.33. The number of unbranched alkanes of at least 4 members (excludes halogenated alkanes) is 1. The maximum Gasteiger partial charge on any atom is 0.0986 e. The zero-order valence-electron chi connectivity index (χ0n) is 13.2. The molecule has 2 heteroatoms. The van der Waals surface area contributed by atoms with Gasteiger partial charge in [-0.1, -0.05) is 60.8 Å². The molecular formula is C17H29NSi. The van der Waals surface area contributed by atoms with E-state index in [0.717, 1.165) is 0 Å². The summed E-state index contributed by atoms with van der Waals surface area (Å²) in [6, 6.07) is 11.1.